The number of carbonyl (C=O) groups excluding carboxylic acids is 2. The molecule has 290 valence electrons. The van der Waals surface area contributed by atoms with Gasteiger partial charge in [0.2, 0.25) is 6.79 Å². The molecule has 55 heavy (non-hydrogen) atoms. The molecule has 4 N–H and O–H groups in total. The highest BCUT2D eigenvalue weighted by Crippen LogP contribution is 2.68. The molecule has 4 bridgehead atoms. The number of benzene rings is 3. The Bertz CT molecular complexity index is 2230. The van der Waals surface area contributed by atoms with E-state index in [1.165, 1.54) is 14.0 Å². The number of phenols is 2. The number of rotatable bonds is 3. The van der Waals surface area contributed by atoms with Crippen molar-refractivity contribution < 1.29 is 48.6 Å². The molecule has 8 atom stereocenters. The fraction of sp³-hybridized carbons (Fsp3) is 0.512. The maximum atomic E-state index is 15.9. The summed E-state index contributed by atoms with van der Waals surface area (Å²) < 4.78 is 29.9. The largest absolute Gasteiger partial charge is 0.504 e. The van der Waals surface area contributed by atoms with Crippen LogP contribution in [0.4, 0.5) is 0 Å². The van der Waals surface area contributed by atoms with Gasteiger partial charge in [-0.3, -0.25) is 19.4 Å². The fourth-order valence-electron chi connectivity index (χ4n) is 11.7. The normalized spacial score (nSPS) is 32.5. The number of methoxy groups -OCH3 is 2. The highest BCUT2D eigenvalue weighted by atomic mass is 32.2. The summed E-state index contributed by atoms with van der Waals surface area (Å²) in [7, 11) is 5.04. The number of esters is 1. The molecule has 8 aliphatic rings. The summed E-state index contributed by atoms with van der Waals surface area (Å²) in [5.74, 6) is 0.973. The lowest BCUT2D eigenvalue weighted by Crippen LogP contribution is -2.68. The number of thioether (sulfide) groups is 1. The second-order valence-corrected chi connectivity index (χ2v) is 17.5. The van der Waals surface area contributed by atoms with Crippen molar-refractivity contribution in [2.24, 2.45) is 5.92 Å². The molecule has 2 fully saturated rings. The third kappa shape index (κ3) is 4.51. The third-order valence-corrected chi connectivity index (χ3v) is 15.1. The van der Waals surface area contributed by atoms with Gasteiger partial charge in [-0.05, 0) is 68.1 Å². The first-order valence-corrected chi connectivity index (χ1v) is 19.9. The number of piperazine rings is 1. The van der Waals surface area contributed by atoms with E-state index in [9.17, 15) is 20.1 Å². The van der Waals surface area contributed by atoms with Gasteiger partial charge < -0.3 is 44.3 Å². The maximum absolute atomic E-state index is 15.9. The van der Waals surface area contributed by atoms with Gasteiger partial charge in [-0.1, -0.05) is 6.07 Å². The van der Waals surface area contributed by atoms with E-state index >= 15 is 4.79 Å². The van der Waals surface area contributed by atoms with Crippen LogP contribution in [-0.2, 0) is 28.0 Å². The number of phenolic OH excluding ortho intramolecular Hbond substituents is 2. The van der Waals surface area contributed by atoms with Crippen molar-refractivity contribution in [3.8, 4) is 40.2 Å². The van der Waals surface area contributed by atoms with Crippen LogP contribution in [0.5, 0.6) is 40.2 Å². The Morgan fingerprint density at radius 2 is 1.82 bits per heavy atom. The van der Waals surface area contributed by atoms with Crippen molar-refractivity contribution in [3.05, 3.63) is 62.7 Å². The fourth-order valence-corrected chi connectivity index (χ4v) is 13.5. The number of Topliss-reactive ketones (excluding diaryl/α,β-unsaturated/α-hetero) is 1. The van der Waals surface area contributed by atoms with Crippen LogP contribution in [0.1, 0.15) is 75.9 Å². The van der Waals surface area contributed by atoms with Crippen LogP contribution in [0.15, 0.2) is 18.2 Å². The molecule has 0 saturated carbocycles. The number of hydrogen-bond acceptors (Lipinski definition) is 14. The number of fused-ring (bicyclic) bond motifs is 4. The number of ketones is 1. The van der Waals surface area contributed by atoms with Crippen LogP contribution in [-0.4, -0.2) is 101 Å². The molecule has 13 nitrogen and oxygen atoms in total. The Hall–Kier alpha value is -4.21. The SMILES string of the molecule is COc1cc2c(cc1O)CCN[C@]21CS[C@H]2C3c4c(OC(C)=O)c(C)c5c(c4C(CC3C1=O)N1C2[C@@H]2c3c(cc(C)c(OC)c3O)CC1(O)CN2C)OCO5. The Balaban J connectivity index is 1.27. The number of aliphatic hydroxyl groups is 1. The summed E-state index contributed by atoms with van der Waals surface area (Å²) in [6, 6.07) is 4.12. The van der Waals surface area contributed by atoms with E-state index in [0.29, 0.717) is 65.0 Å². The summed E-state index contributed by atoms with van der Waals surface area (Å²) in [6.07, 6.45) is 1.22. The molecule has 7 heterocycles. The van der Waals surface area contributed by atoms with Crippen molar-refractivity contribution in [2.45, 2.75) is 80.6 Å². The van der Waals surface area contributed by atoms with Crippen molar-refractivity contribution in [2.75, 3.05) is 46.9 Å². The lowest BCUT2D eigenvalue weighted by molar-refractivity contribution is -0.200. The van der Waals surface area contributed by atoms with Gasteiger partial charge in [0.05, 0.1) is 20.3 Å². The molecular weight excluding hydrogens is 727 g/mol. The summed E-state index contributed by atoms with van der Waals surface area (Å²) in [5, 5.41) is 39.5. The monoisotopic (exact) mass is 771 g/mol. The van der Waals surface area contributed by atoms with E-state index in [1.54, 1.807) is 31.0 Å². The number of ether oxygens (including phenoxy) is 5. The number of aryl methyl sites for hydroxylation is 1. The van der Waals surface area contributed by atoms with Crippen molar-refractivity contribution in [1.82, 2.24) is 15.1 Å². The molecule has 3 aromatic carbocycles. The Morgan fingerprint density at radius 1 is 1.04 bits per heavy atom. The molecule has 0 amide bonds. The molecule has 2 saturated heterocycles. The van der Waals surface area contributed by atoms with E-state index in [-0.39, 0.29) is 42.3 Å². The van der Waals surface area contributed by atoms with E-state index in [0.717, 1.165) is 33.4 Å². The average molecular weight is 772 g/mol. The van der Waals surface area contributed by atoms with E-state index in [1.807, 2.05) is 27.0 Å². The highest BCUT2D eigenvalue weighted by Gasteiger charge is 2.68. The minimum atomic E-state index is -1.43. The molecule has 3 aromatic rings. The average Bonchev–Trinajstić information content (AvgIpc) is 3.38. The zero-order valence-electron chi connectivity index (χ0n) is 31.6. The van der Waals surface area contributed by atoms with Crippen LogP contribution in [0.3, 0.4) is 0 Å². The van der Waals surface area contributed by atoms with Gasteiger partial charge in [-0.2, -0.15) is 11.8 Å². The van der Waals surface area contributed by atoms with Gasteiger partial charge in [0.15, 0.2) is 40.3 Å². The van der Waals surface area contributed by atoms with Crippen LogP contribution in [0.25, 0.3) is 0 Å². The number of likely N-dealkylation sites (N-methyl/N-ethyl adjacent to an activating group) is 1. The first-order chi connectivity index (χ1) is 26.3. The lowest BCUT2D eigenvalue weighted by Gasteiger charge is -2.56. The Morgan fingerprint density at radius 3 is 2.56 bits per heavy atom. The van der Waals surface area contributed by atoms with Gasteiger partial charge in [0, 0.05) is 83.6 Å². The first kappa shape index (κ1) is 35.2. The van der Waals surface area contributed by atoms with Gasteiger partial charge in [-0.25, -0.2) is 0 Å². The third-order valence-electron chi connectivity index (χ3n) is 13.5. The summed E-state index contributed by atoms with van der Waals surface area (Å²) in [6.45, 7) is 5.93. The molecule has 11 rings (SSSR count). The molecule has 7 aliphatic heterocycles. The van der Waals surface area contributed by atoms with Crippen LogP contribution in [0, 0.1) is 19.8 Å². The Kier molecular flexibility index (Phi) is 7.62. The standard InChI is InChI=1S/C41H45N3O10S/c1-17-9-21-13-40(49)14-43(4)31(27(21)33(47)34(17)51-6)32-38-28-22(39(48)41(15-55-38)23-12-26(50-5)25(46)10-20(23)7-8-42-41)11-24(44(32)40)29-30(28)35(54-19(3)45)18(2)36-37(29)53-16-52-36/h9-10,12,22,24,28,31-32,38,42,46-47,49H,7-8,11,13-16H2,1-6H3/t22?,24?,28?,31-,32?,38-,40?,41+/m0/s1. The minimum absolute atomic E-state index is 0.00632. The quantitative estimate of drug-likeness (QED) is 0.225. The maximum Gasteiger partial charge on any atom is 0.308 e. The number of hydrogen-bond donors (Lipinski definition) is 4. The molecular formula is C41H45N3O10S. The number of nitrogens with zero attached hydrogens (tertiary/aromatic N) is 2. The minimum Gasteiger partial charge on any atom is -0.504 e. The molecule has 14 heteroatoms. The van der Waals surface area contributed by atoms with E-state index in [2.05, 4.69) is 15.1 Å². The molecule has 1 aliphatic carbocycles. The summed E-state index contributed by atoms with van der Waals surface area (Å²) in [5.41, 5.74) is 3.60. The molecule has 5 unspecified atom stereocenters. The summed E-state index contributed by atoms with van der Waals surface area (Å²) in [4.78, 5) is 33.2. The van der Waals surface area contributed by atoms with Gasteiger partial charge in [0.1, 0.15) is 17.0 Å². The first-order valence-electron chi connectivity index (χ1n) is 18.9. The topological polar surface area (TPSA) is 159 Å². The molecule has 0 aromatic heterocycles. The molecule has 0 radical (unpaired) electrons. The number of aromatic hydroxyl groups is 2. The van der Waals surface area contributed by atoms with E-state index < -0.39 is 47.2 Å². The van der Waals surface area contributed by atoms with E-state index in [4.69, 9.17) is 23.7 Å². The smallest absolute Gasteiger partial charge is 0.308 e. The Labute approximate surface area is 322 Å². The van der Waals surface area contributed by atoms with Crippen LogP contribution >= 0.6 is 11.8 Å². The molecule has 1 spiro atoms. The van der Waals surface area contributed by atoms with Crippen molar-refractivity contribution >= 4 is 23.5 Å². The second kappa shape index (κ2) is 11.9. The number of nitrogens with one attached hydrogen (secondary N) is 1. The number of carbonyl (C=O) groups is 2. The second-order valence-electron chi connectivity index (χ2n) is 16.3. The zero-order chi connectivity index (χ0) is 38.5. The van der Waals surface area contributed by atoms with Crippen molar-refractivity contribution in [1.29, 1.82) is 0 Å². The van der Waals surface area contributed by atoms with Crippen LogP contribution in [0.2, 0.25) is 0 Å². The van der Waals surface area contributed by atoms with Gasteiger partial charge >= 0.3 is 5.97 Å². The highest BCUT2D eigenvalue weighted by molar-refractivity contribution is 8.00. The predicted octanol–water partition coefficient (Wildman–Crippen LogP) is 3.87. The predicted molar refractivity (Wildman–Crippen MR) is 201 cm³/mol. The van der Waals surface area contributed by atoms with Gasteiger partial charge in [-0.15, -0.1) is 0 Å². The lowest BCUT2D eigenvalue weighted by atomic mass is 9.64. The van der Waals surface area contributed by atoms with Gasteiger partial charge in [0.25, 0.3) is 0 Å². The van der Waals surface area contributed by atoms with Crippen molar-refractivity contribution in [3.63, 3.8) is 0 Å². The van der Waals surface area contributed by atoms with Crippen LogP contribution < -0.4 is 29.0 Å². The summed E-state index contributed by atoms with van der Waals surface area (Å²) >= 11 is 1.67. The zero-order valence-corrected chi connectivity index (χ0v) is 32.5.